The van der Waals surface area contributed by atoms with E-state index in [9.17, 15) is 5.11 Å². The van der Waals surface area contributed by atoms with Crippen molar-refractivity contribution in [2.24, 2.45) is 0 Å². The van der Waals surface area contributed by atoms with Crippen molar-refractivity contribution in [2.75, 3.05) is 7.11 Å². The highest BCUT2D eigenvalue weighted by atomic mass is 35.5. The number of nitrogens with one attached hydrogen (secondary N) is 1. The Bertz CT molecular complexity index is 632. The fraction of sp³-hybridized carbons (Fsp3) is 0.250. The summed E-state index contributed by atoms with van der Waals surface area (Å²) in [5.74, 6) is 0.876. The molecule has 0 bridgehead atoms. The lowest BCUT2D eigenvalue weighted by Crippen LogP contribution is -2.18. The molecule has 2 aromatic rings. The van der Waals surface area contributed by atoms with Gasteiger partial charge in [-0.1, -0.05) is 35.3 Å². The second-order valence-corrected chi connectivity index (χ2v) is 5.62. The highest BCUT2D eigenvalue weighted by molar-refractivity contribution is 6.35. The Morgan fingerprint density at radius 1 is 1.24 bits per heavy atom. The first-order valence-electron chi connectivity index (χ1n) is 6.55. The molecule has 0 unspecified atom stereocenters. The minimum atomic E-state index is 0.0615. The van der Waals surface area contributed by atoms with E-state index in [0.717, 1.165) is 11.3 Å². The molecule has 0 aromatic heterocycles. The number of methoxy groups -OCH3 is 1. The number of benzene rings is 2. The van der Waals surface area contributed by atoms with E-state index in [1.807, 2.05) is 31.2 Å². The monoisotopic (exact) mass is 325 g/mol. The quantitative estimate of drug-likeness (QED) is 0.846. The van der Waals surface area contributed by atoms with Crippen LogP contribution in [0.15, 0.2) is 36.4 Å². The topological polar surface area (TPSA) is 41.5 Å². The molecular weight excluding hydrogens is 309 g/mol. The summed E-state index contributed by atoms with van der Waals surface area (Å²) in [5.41, 5.74) is 1.77. The summed E-state index contributed by atoms with van der Waals surface area (Å²) in [6, 6.07) is 11.2. The molecule has 0 fully saturated rings. The van der Waals surface area contributed by atoms with Crippen LogP contribution in [0, 0.1) is 0 Å². The molecule has 2 N–H and O–H groups in total. The van der Waals surface area contributed by atoms with E-state index >= 15 is 0 Å². The second kappa shape index (κ2) is 7.03. The van der Waals surface area contributed by atoms with Crippen molar-refractivity contribution in [3.05, 3.63) is 57.6 Å². The molecule has 0 amide bonds. The van der Waals surface area contributed by atoms with Gasteiger partial charge in [0.1, 0.15) is 11.5 Å². The molecule has 2 rings (SSSR count). The van der Waals surface area contributed by atoms with Gasteiger partial charge in [-0.3, -0.25) is 0 Å². The smallest absolute Gasteiger partial charge is 0.138 e. The molecule has 0 spiro atoms. The van der Waals surface area contributed by atoms with Crippen molar-refractivity contribution >= 4 is 23.2 Å². The normalized spacial score (nSPS) is 12.2. The summed E-state index contributed by atoms with van der Waals surface area (Å²) >= 11 is 11.9. The van der Waals surface area contributed by atoms with Crippen LogP contribution in [-0.2, 0) is 6.54 Å². The van der Waals surface area contributed by atoms with E-state index in [-0.39, 0.29) is 16.8 Å². The number of ether oxygens (including phenoxy) is 1. The van der Waals surface area contributed by atoms with Gasteiger partial charge in [0.05, 0.1) is 12.1 Å². The number of phenolic OH excluding ortho intramolecular Hbond substituents is 1. The van der Waals surface area contributed by atoms with E-state index in [1.54, 1.807) is 13.2 Å². The summed E-state index contributed by atoms with van der Waals surface area (Å²) in [7, 11) is 1.64. The molecule has 0 saturated heterocycles. The first-order chi connectivity index (χ1) is 10.0. The molecule has 5 heteroatoms. The van der Waals surface area contributed by atoms with Crippen LogP contribution >= 0.6 is 23.2 Å². The molecule has 0 heterocycles. The van der Waals surface area contributed by atoms with Crippen molar-refractivity contribution in [3.63, 3.8) is 0 Å². The van der Waals surface area contributed by atoms with Crippen LogP contribution < -0.4 is 10.1 Å². The van der Waals surface area contributed by atoms with Crippen molar-refractivity contribution in [2.45, 2.75) is 19.5 Å². The average molecular weight is 326 g/mol. The zero-order valence-corrected chi connectivity index (χ0v) is 13.4. The van der Waals surface area contributed by atoms with Gasteiger partial charge in [0.15, 0.2) is 0 Å². The Morgan fingerprint density at radius 3 is 2.71 bits per heavy atom. The third-order valence-corrected chi connectivity index (χ3v) is 3.81. The predicted octanol–water partition coefficient (Wildman–Crippen LogP) is 4.56. The largest absolute Gasteiger partial charge is 0.506 e. The molecule has 0 saturated carbocycles. The Labute approximate surface area is 134 Å². The molecule has 0 aliphatic heterocycles. The van der Waals surface area contributed by atoms with Gasteiger partial charge in [-0.25, -0.2) is 0 Å². The van der Waals surface area contributed by atoms with E-state index in [0.29, 0.717) is 17.1 Å². The number of hydrogen-bond acceptors (Lipinski definition) is 3. The van der Waals surface area contributed by atoms with Gasteiger partial charge in [-0.15, -0.1) is 0 Å². The lowest BCUT2D eigenvalue weighted by atomic mass is 10.1. The van der Waals surface area contributed by atoms with Crippen molar-refractivity contribution in [1.82, 2.24) is 5.32 Å². The molecule has 112 valence electrons. The third kappa shape index (κ3) is 4.03. The number of halogens is 2. The average Bonchev–Trinajstić information content (AvgIpc) is 2.49. The van der Waals surface area contributed by atoms with Crippen LogP contribution in [0.3, 0.4) is 0 Å². The zero-order chi connectivity index (χ0) is 15.4. The summed E-state index contributed by atoms with van der Waals surface area (Å²) in [6.07, 6.45) is 0. The lowest BCUT2D eigenvalue weighted by Gasteiger charge is -2.16. The van der Waals surface area contributed by atoms with Crippen molar-refractivity contribution in [3.8, 4) is 11.5 Å². The van der Waals surface area contributed by atoms with Gasteiger partial charge < -0.3 is 15.2 Å². The fourth-order valence-electron chi connectivity index (χ4n) is 2.05. The molecule has 21 heavy (non-hydrogen) atoms. The Balaban J connectivity index is 2.09. The highest BCUT2D eigenvalue weighted by Crippen LogP contribution is 2.31. The summed E-state index contributed by atoms with van der Waals surface area (Å²) in [6.45, 7) is 2.50. The van der Waals surface area contributed by atoms with Crippen LogP contribution in [0.2, 0.25) is 10.0 Å². The fourth-order valence-corrected chi connectivity index (χ4v) is 2.58. The van der Waals surface area contributed by atoms with E-state index in [2.05, 4.69) is 5.32 Å². The lowest BCUT2D eigenvalue weighted by molar-refractivity contribution is 0.413. The molecule has 0 aliphatic rings. The van der Waals surface area contributed by atoms with E-state index < -0.39 is 0 Å². The van der Waals surface area contributed by atoms with E-state index in [1.165, 1.54) is 6.07 Å². The number of aromatic hydroxyl groups is 1. The van der Waals surface area contributed by atoms with Gasteiger partial charge in [-0.2, -0.15) is 0 Å². The van der Waals surface area contributed by atoms with E-state index in [4.69, 9.17) is 27.9 Å². The summed E-state index contributed by atoms with van der Waals surface area (Å²) in [5, 5.41) is 14.0. The van der Waals surface area contributed by atoms with Gasteiger partial charge in [-0.05, 0) is 36.8 Å². The van der Waals surface area contributed by atoms with Crippen LogP contribution in [0.25, 0.3) is 0 Å². The number of hydrogen-bond donors (Lipinski definition) is 2. The molecule has 0 radical (unpaired) electrons. The third-order valence-electron chi connectivity index (χ3n) is 3.30. The van der Waals surface area contributed by atoms with Crippen LogP contribution in [0.1, 0.15) is 24.1 Å². The van der Waals surface area contributed by atoms with Crippen LogP contribution in [0.5, 0.6) is 11.5 Å². The zero-order valence-electron chi connectivity index (χ0n) is 11.9. The molecule has 3 nitrogen and oxygen atoms in total. The summed E-state index contributed by atoms with van der Waals surface area (Å²) < 4.78 is 5.22. The first-order valence-corrected chi connectivity index (χ1v) is 7.31. The first kappa shape index (κ1) is 16.0. The standard InChI is InChI=1S/C16H17Cl2NO2/c1-10(11-4-3-5-14(7-11)21-2)19-9-12-6-13(17)8-15(18)16(12)20/h3-8,10,19-20H,9H2,1-2H3/t10-/m1/s1. The minimum Gasteiger partial charge on any atom is -0.506 e. The molecular formula is C16H17Cl2NO2. The Hall–Kier alpha value is -1.42. The maximum absolute atomic E-state index is 9.94. The minimum absolute atomic E-state index is 0.0615. The maximum Gasteiger partial charge on any atom is 0.138 e. The maximum atomic E-state index is 9.94. The second-order valence-electron chi connectivity index (χ2n) is 4.77. The SMILES string of the molecule is COc1cccc([C@@H](C)NCc2cc(Cl)cc(Cl)c2O)c1. The van der Waals surface area contributed by atoms with Gasteiger partial charge in [0, 0.05) is 23.2 Å². The Morgan fingerprint density at radius 2 is 2.00 bits per heavy atom. The Kier molecular flexibility index (Phi) is 5.34. The number of phenols is 1. The molecule has 1 atom stereocenters. The highest BCUT2D eigenvalue weighted by Gasteiger charge is 2.10. The molecule has 2 aromatic carbocycles. The number of rotatable bonds is 5. The van der Waals surface area contributed by atoms with Crippen LogP contribution in [-0.4, -0.2) is 12.2 Å². The molecule has 0 aliphatic carbocycles. The van der Waals surface area contributed by atoms with Gasteiger partial charge in [0.25, 0.3) is 0 Å². The summed E-state index contributed by atoms with van der Waals surface area (Å²) in [4.78, 5) is 0. The predicted molar refractivity (Wildman–Crippen MR) is 86.4 cm³/mol. The van der Waals surface area contributed by atoms with Gasteiger partial charge >= 0.3 is 0 Å². The van der Waals surface area contributed by atoms with Gasteiger partial charge in [0.2, 0.25) is 0 Å². The van der Waals surface area contributed by atoms with Crippen molar-refractivity contribution < 1.29 is 9.84 Å². The van der Waals surface area contributed by atoms with Crippen molar-refractivity contribution in [1.29, 1.82) is 0 Å². The van der Waals surface area contributed by atoms with Crippen LogP contribution in [0.4, 0.5) is 0 Å².